The van der Waals surface area contributed by atoms with Gasteiger partial charge in [0, 0.05) is 21.6 Å². The van der Waals surface area contributed by atoms with Crippen molar-refractivity contribution >= 4 is 66.7 Å². The smallest absolute Gasteiger partial charge is 0.264 e. The van der Waals surface area contributed by atoms with E-state index in [0.717, 1.165) is 14.3 Å². The highest BCUT2D eigenvalue weighted by atomic mass is 79.9. The molecule has 39 heavy (non-hydrogen) atoms. The third kappa shape index (κ3) is 8.20. The quantitative estimate of drug-likeness (QED) is 0.294. The molecule has 0 saturated heterocycles. The highest BCUT2D eigenvalue weighted by molar-refractivity contribution is 9.10. The molecule has 7 nitrogen and oxygen atoms in total. The van der Waals surface area contributed by atoms with Gasteiger partial charge in [-0.1, -0.05) is 69.5 Å². The number of carbonyl (C=O) groups is 2. The van der Waals surface area contributed by atoms with Gasteiger partial charge < -0.3 is 10.2 Å². The van der Waals surface area contributed by atoms with E-state index in [1.807, 2.05) is 45.0 Å². The lowest BCUT2D eigenvalue weighted by atomic mass is 10.1. The number of carbonyl (C=O) groups excluding carboxylic acids is 2. The van der Waals surface area contributed by atoms with Crippen molar-refractivity contribution in [3.05, 3.63) is 92.9 Å². The number of amides is 2. The lowest BCUT2D eigenvalue weighted by Gasteiger charge is -2.33. The number of hydrogen-bond donors (Lipinski definition) is 1. The third-order valence-electron chi connectivity index (χ3n) is 5.70. The zero-order valence-corrected chi connectivity index (χ0v) is 25.9. The molecule has 11 heteroatoms. The van der Waals surface area contributed by atoms with E-state index in [1.54, 1.807) is 25.1 Å². The van der Waals surface area contributed by atoms with Crippen LogP contribution in [0.5, 0.6) is 0 Å². The second-order valence-corrected chi connectivity index (χ2v) is 13.6. The second-order valence-electron chi connectivity index (χ2n) is 9.99. The zero-order valence-electron chi connectivity index (χ0n) is 22.0. The van der Waals surface area contributed by atoms with Crippen molar-refractivity contribution in [2.75, 3.05) is 10.8 Å². The monoisotopic (exact) mass is 653 g/mol. The number of halogens is 3. The van der Waals surface area contributed by atoms with Crippen molar-refractivity contribution in [1.82, 2.24) is 10.2 Å². The van der Waals surface area contributed by atoms with Crippen LogP contribution < -0.4 is 9.62 Å². The average Bonchev–Trinajstić information content (AvgIpc) is 2.85. The molecule has 1 atom stereocenters. The van der Waals surface area contributed by atoms with Gasteiger partial charge in [0.05, 0.1) is 15.6 Å². The van der Waals surface area contributed by atoms with Gasteiger partial charge in [0.2, 0.25) is 11.8 Å². The molecular formula is C28H30BrCl2N3O4S. The molecule has 1 unspecified atom stereocenters. The van der Waals surface area contributed by atoms with Crippen molar-refractivity contribution in [3.63, 3.8) is 0 Å². The van der Waals surface area contributed by atoms with Gasteiger partial charge in [0.25, 0.3) is 10.0 Å². The van der Waals surface area contributed by atoms with Gasteiger partial charge in [-0.25, -0.2) is 8.42 Å². The lowest BCUT2D eigenvalue weighted by molar-refractivity contribution is -0.140. The van der Waals surface area contributed by atoms with E-state index in [2.05, 4.69) is 21.2 Å². The van der Waals surface area contributed by atoms with Crippen molar-refractivity contribution in [2.45, 2.75) is 50.7 Å². The molecule has 3 aromatic rings. The minimum Gasteiger partial charge on any atom is -0.350 e. The predicted molar refractivity (Wildman–Crippen MR) is 159 cm³/mol. The Bertz CT molecular complexity index is 1450. The number of rotatable bonds is 9. The predicted octanol–water partition coefficient (Wildman–Crippen LogP) is 6.28. The Morgan fingerprint density at radius 3 is 2.23 bits per heavy atom. The number of benzene rings is 3. The molecule has 0 aliphatic rings. The number of anilines is 1. The molecule has 0 fully saturated rings. The van der Waals surface area contributed by atoms with Gasteiger partial charge in [-0.2, -0.15) is 0 Å². The van der Waals surface area contributed by atoms with E-state index in [0.29, 0.717) is 5.02 Å². The lowest BCUT2D eigenvalue weighted by Crippen LogP contribution is -2.54. The van der Waals surface area contributed by atoms with Crippen molar-refractivity contribution in [2.24, 2.45) is 0 Å². The van der Waals surface area contributed by atoms with Crippen LogP contribution in [0.2, 0.25) is 10.0 Å². The summed E-state index contributed by atoms with van der Waals surface area (Å²) in [5, 5.41) is 3.28. The molecule has 0 spiro atoms. The normalized spacial score (nSPS) is 12.5. The third-order valence-corrected chi connectivity index (χ3v) is 8.50. The maximum Gasteiger partial charge on any atom is 0.264 e. The van der Waals surface area contributed by atoms with Crippen molar-refractivity contribution in [1.29, 1.82) is 0 Å². The van der Waals surface area contributed by atoms with Crippen LogP contribution in [0.25, 0.3) is 0 Å². The Hall–Kier alpha value is -2.59. The molecule has 0 radical (unpaired) electrons. The molecule has 2 amide bonds. The van der Waals surface area contributed by atoms with E-state index in [1.165, 1.54) is 35.2 Å². The summed E-state index contributed by atoms with van der Waals surface area (Å²) < 4.78 is 29.4. The Labute approximate surface area is 248 Å². The van der Waals surface area contributed by atoms with Crippen LogP contribution in [0.4, 0.5) is 5.69 Å². The SMILES string of the molecule is CC(C(=O)NC(C)(C)C)N(Cc1cccc(Br)c1)C(=O)CN(c1ccc(Cl)cc1Cl)S(=O)(=O)c1ccccc1. The fourth-order valence-electron chi connectivity index (χ4n) is 3.81. The van der Waals surface area contributed by atoms with Crippen LogP contribution in [0.1, 0.15) is 33.3 Å². The largest absolute Gasteiger partial charge is 0.350 e. The standard InChI is InChI=1S/C28H30BrCl2N3O4S/c1-19(27(36)32-28(2,3)4)33(17-20-9-8-10-21(29)15-20)26(35)18-34(25-14-13-22(30)16-24(25)31)39(37,38)23-11-6-5-7-12-23/h5-16,19H,17-18H2,1-4H3,(H,32,36). The van der Waals surface area contributed by atoms with Crippen LogP contribution in [-0.4, -0.2) is 43.3 Å². The minimum absolute atomic E-state index is 0.0131. The van der Waals surface area contributed by atoms with Gasteiger partial charge in [-0.15, -0.1) is 0 Å². The molecule has 0 saturated carbocycles. The summed E-state index contributed by atoms with van der Waals surface area (Å²) in [6, 6.07) is 18.5. The molecular weight excluding hydrogens is 625 g/mol. The van der Waals surface area contributed by atoms with Gasteiger partial charge in [0.1, 0.15) is 12.6 Å². The van der Waals surface area contributed by atoms with Crippen LogP contribution in [-0.2, 0) is 26.2 Å². The first-order valence-corrected chi connectivity index (χ1v) is 15.1. The molecule has 1 N–H and O–H groups in total. The fraction of sp³-hybridized carbons (Fsp3) is 0.286. The molecule has 3 aromatic carbocycles. The van der Waals surface area contributed by atoms with Crippen molar-refractivity contribution in [3.8, 4) is 0 Å². The molecule has 0 heterocycles. The molecule has 0 aromatic heterocycles. The van der Waals surface area contributed by atoms with E-state index < -0.39 is 34.1 Å². The van der Waals surface area contributed by atoms with Crippen LogP contribution >= 0.6 is 39.1 Å². The topological polar surface area (TPSA) is 86.8 Å². The first-order chi connectivity index (χ1) is 18.2. The maximum absolute atomic E-state index is 13.9. The summed E-state index contributed by atoms with van der Waals surface area (Å²) in [6.07, 6.45) is 0. The van der Waals surface area contributed by atoms with E-state index in [-0.39, 0.29) is 28.1 Å². The van der Waals surface area contributed by atoms with E-state index in [4.69, 9.17) is 23.2 Å². The summed E-state index contributed by atoms with van der Waals surface area (Å²) in [5.74, 6) is -0.954. The van der Waals surface area contributed by atoms with Gasteiger partial charge in [-0.05, 0) is 75.7 Å². The van der Waals surface area contributed by atoms with Crippen LogP contribution in [0.15, 0.2) is 82.2 Å². The Morgan fingerprint density at radius 2 is 1.64 bits per heavy atom. The fourth-order valence-corrected chi connectivity index (χ4v) is 6.27. The minimum atomic E-state index is -4.22. The first-order valence-electron chi connectivity index (χ1n) is 12.1. The number of hydrogen-bond acceptors (Lipinski definition) is 4. The molecule has 0 aliphatic carbocycles. The van der Waals surface area contributed by atoms with Crippen molar-refractivity contribution < 1.29 is 18.0 Å². The average molecular weight is 655 g/mol. The summed E-state index contributed by atoms with van der Waals surface area (Å²) in [6.45, 7) is 6.62. The summed E-state index contributed by atoms with van der Waals surface area (Å²) in [7, 11) is -4.22. The van der Waals surface area contributed by atoms with Gasteiger partial charge in [0.15, 0.2) is 0 Å². The number of sulfonamides is 1. The number of nitrogens with one attached hydrogen (secondary N) is 1. The molecule has 0 aliphatic heterocycles. The first kappa shape index (κ1) is 30.9. The summed E-state index contributed by atoms with van der Waals surface area (Å²) >= 11 is 15.9. The highest BCUT2D eigenvalue weighted by Gasteiger charge is 2.34. The van der Waals surface area contributed by atoms with Gasteiger partial charge in [-0.3, -0.25) is 13.9 Å². The zero-order chi connectivity index (χ0) is 29.0. The van der Waals surface area contributed by atoms with Crippen LogP contribution in [0.3, 0.4) is 0 Å². The summed E-state index contributed by atoms with van der Waals surface area (Å²) in [5.41, 5.74) is 0.317. The second kappa shape index (κ2) is 12.7. The Morgan fingerprint density at radius 1 is 0.974 bits per heavy atom. The van der Waals surface area contributed by atoms with E-state index in [9.17, 15) is 18.0 Å². The summed E-state index contributed by atoms with van der Waals surface area (Å²) in [4.78, 5) is 28.4. The Balaban J connectivity index is 2.06. The molecule has 0 bridgehead atoms. The van der Waals surface area contributed by atoms with Gasteiger partial charge >= 0.3 is 0 Å². The van der Waals surface area contributed by atoms with E-state index >= 15 is 0 Å². The highest BCUT2D eigenvalue weighted by Crippen LogP contribution is 2.33. The maximum atomic E-state index is 13.9. The molecule has 3 rings (SSSR count). The Kier molecular flexibility index (Phi) is 10.1. The van der Waals surface area contributed by atoms with Crippen LogP contribution in [0, 0.1) is 0 Å². The molecule has 208 valence electrons. The number of nitrogens with zero attached hydrogens (tertiary/aromatic N) is 2.